The first-order chi connectivity index (χ1) is 10.1. The number of aromatic nitrogens is 5. The van der Waals surface area contributed by atoms with Crippen molar-refractivity contribution in [3.63, 3.8) is 0 Å². The van der Waals surface area contributed by atoms with Crippen molar-refractivity contribution < 1.29 is 0 Å². The molecule has 0 aliphatic carbocycles. The molecule has 0 aliphatic heterocycles. The summed E-state index contributed by atoms with van der Waals surface area (Å²) in [5.74, 6) is 0.986. The van der Waals surface area contributed by atoms with E-state index >= 15 is 0 Å². The predicted octanol–water partition coefficient (Wildman–Crippen LogP) is 2.28. The molecule has 0 radical (unpaired) electrons. The fourth-order valence-electron chi connectivity index (χ4n) is 2.66. The maximum atomic E-state index is 5.73. The number of hydrogen-bond acceptors (Lipinski definition) is 4. The molecule has 2 aromatic heterocycles. The number of imidazole rings is 1. The van der Waals surface area contributed by atoms with Gasteiger partial charge in [-0.05, 0) is 38.5 Å². The van der Waals surface area contributed by atoms with E-state index in [0.717, 1.165) is 22.4 Å². The van der Waals surface area contributed by atoms with Crippen LogP contribution in [0.4, 0.5) is 0 Å². The molecule has 0 spiro atoms. The van der Waals surface area contributed by atoms with Crippen LogP contribution in [0.2, 0.25) is 0 Å². The van der Waals surface area contributed by atoms with E-state index in [4.69, 9.17) is 10.7 Å². The molecule has 2 heterocycles. The first-order valence-electron chi connectivity index (χ1n) is 7.16. The summed E-state index contributed by atoms with van der Waals surface area (Å²) >= 11 is 0. The van der Waals surface area contributed by atoms with Crippen LogP contribution in [-0.4, -0.2) is 24.3 Å². The number of rotatable bonds is 4. The van der Waals surface area contributed by atoms with E-state index in [9.17, 15) is 0 Å². The summed E-state index contributed by atoms with van der Waals surface area (Å²) in [6.07, 6.45) is 3.27. The molecule has 0 aliphatic rings. The van der Waals surface area contributed by atoms with Gasteiger partial charge in [0.25, 0.3) is 0 Å². The molecule has 0 amide bonds. The van der Waals surface area contributed by atoms with Crippen LogP contribution in [0.1, 0.15) is 44.2 Å². The maximum absolute atomic E-state index is 5.73. The molecule has 6 heteroatoms. The average Bonchev–Trinajstić information content (AvgIpc) is 3.12. The summed E-state index contributed by atoms with van der Waals surface area (Å²) in [6.45, 7) is 6.93. The smallest absolute Gasteiger partial charge is 0.137 e. The predicted molar refractivity (Wildman–Crippen MR) is 81.8 cm³/mol. The first kappa shape index (κ1) is 13.8. The van der Waals surface area contributed by atoms with Gasteiger partial charge in [-0.15, -0.1) is 0 Å². The fourth-order valence-corrected chi connectivity index (χ4v) is 2.66. The molecule has 1 atom stereocenters. The number of benzene rings is 1. The van der Waals surface area contributed by atoms with Gasteiger partial charge < -0.3 is 10.3 Å². The van der Waals surface area contributed by atoms with Crippen LogP contribution in [0.5, 0.6) is 0 Å². The molecule has 1 unspecified atom stereocenters. The monoisotopic (exact) mass is 284 g/mol. The van der Waals surface area contributed by atoms with Crippen LogP contribution in [0, 0.1) is 0 Å². The van der Waals surface area contributed by atoms with Crippen molar-refractivity contribution >= 4 is 11.0 Å². The minimum Gasteiger partial charge on any atom is -0.326 e. The van der Waals surface area contributed by atoms with Gasteiger partial charge in [0.15, 0.2) is 0 Å². The Bertz CT molecular complexity index is 741. The summed E-state index contributed by atoms with van der Waals surface area (Å²) in [5.41, 5.74) is 8.93. The molecule has 1 aromatic carbocycles. The maximum Gasteiger partial charge on any atom is 0.137 e. The molecule has 3 aromatic rings. The second-order valence-corrected chi connectivity index (χ2v) is 5.51. The highest BCUT2D eigenvalue weighted by molar-refractivity contribution is 5.77. The molecule has 6 nitrogen and oxygen atoms in total. The number of nitrogens with two attached hydrogens (primary N) is 1. The molecule has 0 saturated heterocycles. The number of fused-ring (bicyclic) bond motifs is 1. The van der Waals surface area contributed by atoms with E-state index in [2.05, 4.69) is 53.6 Å². The highest BCUT2D eigenvalue weighted by Crippen LogP contribution is 2.27. The third-order valence-corrected chi connectivity index (χ3v) is 3.74. The lowest BCUT2D eigenvalue weighted by Gasteiger charge is -2.17. The lowest BCUT2D eigenvalue weighted by Crippen LogP contribution is -2.15. The highest BCUT2D eigenvalue weighted by atomic mass is 15.3. The van der Waals surface area contributed by atoms with Gasteiger partial charge in [-0.1, -0.05) is 6.07 Å². The Kier molecular flexibility index (Phi) is 3.47. The second-order valence-electron chi connectivity index (χ2n) is 5.51. The zero-order valence-corrected chi connectivity index (χ0v) is 12.6. The van der Waals surface area contributed by atoms with E-state index in [0.29, 0.717) is 12.6 Å². The summed E-state index contributed by atoms with van der Waals surface area (Å²) in [6, 6.07) is 6.57. The Morgan fingerprint density at radius 2 is 2.05 bits per heavy atom. The van der Waals surface area contributed by atoms with Crippen LogP contribution in [0.15, 0.2) is 30.9 Å². The van der Waals surface area contributed by atoms with Crippen molar-refractivity contribution in [2.45, 2.75) is 39.4 Å². The largest absolute Gasteiger partial charge is 0.326 e. The van der Waals surface area contributed by atoms with Crippen molar-refractivity contribution in [1.82, 2.24) is 24.3 Å². The standard InChI is InChI=1S/C15H20N6/c1-10(2)21-14-5-4-12(7-16)6-13(14)19-15(21)11(3)20-9-17-8-18-20/h4-6,8-11H,7,16H2,1-3H3. The summed E-state index contributed by atoms with van der Waals surface area (Å²) < 4.78 is 4.08. The van der Waals surface area contributed by atoms with Gasteiger partial charge in [0, 0.05) is 12.6 Å². The van der Waals surface area contributed by atoms with Gasteiger partial charge in [0.2, 0.25) is 0 Å². The van der Waals surface area contributed by atoms with E-state index in [1.165, 1.54) is 0 Å². The van der Waals surface area contributed by atoms with Crippen LogP contribution in [-0.2, 0) is 6.54 Å². The third-order valence-electron chi connectivity index (χ3n) is 3.74. The third kappa shape index (κ3) is 2.31. The van der Waals surface area contributed by atoms with Gasteiger partial charge >= 0.3 is 0 Å². The number of nitrogens with zero attached hydrogens (tertiary/aromatic N) is 5. The van der Waals surface area contributed by atoms with Crippen LogP contribution < -0.4 is 5.73 Å². The van der Waals surface area contributed by atoms with Crippen LogP contribution in [0.25, 0.3) is 11.0 Å². The lowest BCUT2D eigenvalue weighted by molar-refractivity contribution is 0.484. The van der Waals surface area contributed by atoms with E-state index in [1.807, 2.05) is 4.68 Å². The molecular weight excluding hydrogens is 264 g/mol. The van der Waals surface area contributed by atoms with Gasteiger partial charge in [0.05, 0.1) is 11.0 Å². The molecule has 0 fully saturated rings. The summed E-state index contributed by atoms with van der Waals surface area (Å²) in [7, 11) is 0. The summed E-state index contributed by atoms with van der Waals surface area (Å²) in [4.78, 5) is 8.84. The van der Waals surface area contributed by atoms with Crippen LogP contribution in [0.3, 0.4) is 0 Å². The highest BCUT2D eigenvalue weighted by Gasteiger charge is 2.20. The molecule has 0 saturated carbocycles. The Morgan fingerprint density at radius 1 is 1.24 bits per heavy atom. The van der Waals surface area contributed by atoms with Crippen LogP contribution >= 0.6 is 0 Å². The topological polar surface area (TPSA) is 74.5 Å². The fraction of sp³-hybridized carbons (Fsp3) is 0.400. The molecule has 21 heavy (non-hydrogen) atoms. The minimum absolute atomic E-state index is 0.0311. The van der Waals surface area contributed by atoms with E-state index < -0.39 is 0 Å². The van der Waals surface area contributed by atoms with Crippen molar-refractivity contribution in [1.29, 1.82) is 0 Å². The van der Waals surface area contributed by atoms with Crippen molar-refractivity contribution in [3.05, 3.63) is 42.2 Å². The van der Waals surface area contributed by atoms with E-state index in [-0.39, 0.29) is 6.04 Å². The average molecular weight is 284 g/mol. The molecular formula is C15H20N6. The van der Waals surface area contributed by atoms with Crippen molar-refractivity contribution in [2.24, 2.45) is 5.73 Å². The van der Waals surface area contributed by atoms with Gasteiger partial charge in [-0.2, -0.15) is 5.10 Å². The van der Waals surface area contributed by atoms with E-state index in [1.54, 1.807) is 12.7 Å². The molecule has 3 rings (SSSR count). The molecule has 0 bridgehead atoms. The first-order valence-corrected chi connectivity index (χ1v) is 7.16. The number of hydrogen-bond donors (Lipinski definition) is 1. The van der Waals surface area contributed by atoms with Gasteiger partial charge in [0.1, 0.15) is 24.5 Å². The van der Waals surface area contributed by atoms with Crippen molar-refractivity contribution in [2.75, 3.05) is 0 Å². The Hall–Kier alpha value is -2.21. The minimum atomic E-state index is 0.0311. The van der Waals surface area contributed by atoms with Gasteiger partial charge in [-0.25, -0.2) is 14.6 Å². The zero-order chi connectivity index (χ0) is 15.0. The Labute approximate surface area is 123 Å². The van der Waals surface area contributed by atoms with Crippen molar-refractivity contribution in [3.8, 4) is 0 Å². The molecule has 2 N–H and O–H groups in total. The SMILES string of the molecule is CC(c1nc2cc(CN)ccc2n1C(C)C)n1cncn1. The van der Waals surface area contributed by atoms with Gasteiger partial charge in [-0.3, -0.25) is 0 Å². The summed E-state index contributed by atoms with van der Waals surface area (Å²) in [5, 5.41) is 4.23. The normalized spacial score (nSPS) is 13.2. The Morgan fingerprint density at radius 3 is 2.67 bits per heavy atom. The molecule has 110 valence electrons. The Balaban J connectivity index is 2.19. The quantitative estimate of drug-likeness (QED) is 0.797. The zero-order valence-electron chi connectivity index (χ0n) is 12.6. The second kappa shape index (κ2) is 5.29. The lowest BCUT2D eigenvalue weighted by atomic mass is 10.2.